The molecule has 2 aliphatic rings. The molecule has 2 N–H and O–H groups in total. The fraction of sp³-hybridized carbons (Fsp3) is 0.588. The third kappa shape index (κ3) is 2.86. The number of hydrogen-bond donors (Lipinski definition) is 2. The highest BCUT2D eigenvalue weighted by Crippen LogP contribution is 2.37. The number of hydrogen-bond acceptors (Lipinski definition) is 4. The van der Waals surface area contributed by atoms with Crippen molar-refractivity contribution in [2.45, 2.75) is 64.7 Å². The summed E-state index contributed by atoms with van der Waals surface area (Å²) in [6.07, 6.45) is 2.17. The van der Waals surface area contributed by atoms with Gasteiger partial charge in [0.1, 0.15) is 0 Å². The predicted octanol–water partition coefficient (Wildman–Crippen LogP) is 2.57. The van der Waals surface area contributed by atoms with Gasteiger partial charge in [0.25, 0.3) is 0 Å². The molecule has 1 aliphatic carbocycles. The van der Waals surface area contributed by atoms with Crippen LogP contribution in [0.1, 0.15) is 56.5 Å². The van der Waals surface area contributed by atoms with E-state index in [0.717, 1.165) is 23.9 Å². The third-order valence-electron chi connectivity index (χ3n) is 5.17. The number of nitrogens with one attached hydrogen (secondary N) is 1. The third-order valence-corrected chi connectivity index (χ3v) is 5.17. The number of carbonyl (C=O) groups is 1. The molecule has 3 rings (SSSR count). The average molecular weight is 317 g/mol. The summed E-state index contributed by atoms with van der Waals surface area (Å²) in [5, 5.41) is 12.8. The van der Waals surface area contributed by atoms with Gasteiger partial charge in [0.15, 0.2) is 0 Å². The molecule has 0 amide bonds. The van der Waals surface area contributed by atoms with Crippen LogP contribution < -0.4 is 10.8 Å². The highest BCUT2D eigenvalue weighted by Gasteiger charge is 2.52. The summed E-state index contributed by atoms with van der Waals surface area (Å²) in [6.45, 7) is 9.97. The summed E-state index contributed by atoms with van der Waals surface area (Å²) in [4.78, 5) is 11.5. The summed E-state index contributed by atoms with van der Waals surface area (Å²) in [6, 6.07) is 3.82. The first-order chi connectivity index (χ1) is 10.6. The van der Waals surface area contributed by atoms with Crippen molar-refractivity contribution in [3.8, 4) is 0 Å². The maximum absolute atomic E-state index is 11.5. The first kappa shape index (κ1) is 16.3. The molecule has 0 atom stereocenters. The number of anilines is 1. The van der Waals surface area contributed by atoms with E-state index in [1.807, 2.05) is 34.6 Å². The molecular weight excluding hydrogens is 293 g/mol. The standard InChI is InChI=1S/C17H24BNO4/c1-10-13(18-22-16(2,3)17(4,5)23-18)9-8-12(15(20)21)14(10)19-11-6-7-11/h8-9,11,19H,6-7H2,1-5H3,(H,20,21). The lowest BCUT2D eigenvalue weighted by Crippen LogP contribution is -2.41. The van der Waals surface area contributed by atoms with Crippen LogP contribution in [0.5, 0.6) is 0 Å². The number of carboxylic acid groups (broad SMARTS) is 1. The average Bonchev–Trinajstić information content (AvgIpc) is 3.19. The maximum atomic E-state index is 11.5. The van der Waals surface area contributed by atoms with E-state index in [-0.39, 0.29) is 0 Å². The van der Waals surface area contributed by atoms with Crippen LogP contribution in [-0.4, -0.2) is 35.4 Å². The second-order valence-corrected chi connectivity index (χ2v) is 7.51. The molecule has 5 nitrogen and oxygen atoms in total. The molecule has 0 unspecified atom stereocenters. The fourth-order valence-corrected chi connectivity index (χ4v) is 2.75. The normalized spacial score (nSPS) is 22.2. The quantitative estimate of drug-likeness (QED) is 0.836. The van der Waals surface area contributed by atoms with E-state index in [9.17, 15) is 9.90 Å². The zero-order chi connectivity index (χ0) is 17.0. The Labute approximate surface area is 137 Å². The molecule has 1 heterocycles. The van der Waals surface area contributed by atoms with Crippen molar-refractivity contribution in [2.24, 2.45) is 0 Å². The monoisotopic (exact) mass is 317 g/mol. The van der Waals surface area contributed by atoms with Crippen molar-refractivity contribution in [1.29, 1.82) is 0 Å². The summed E-state index contributed by atoms with van der Waals surface area (Å²) >= 11 is 0. The summed E-state index contributed by atoms with van der Waals surface area (Å²) < 4.78 is 12.2. The van der Waals surface area contributed by atoms with Gasteiger partial charge in [-0.25, -0.2) is 4.79 Å². The van der Waals surface area contributed by atoms with Crippen LogP contribution in [0, 0.1) is 6.92 Å². The smallest absolute Gasteiger partial charge is 0.478 e. The molecule has 1 aliphatic heterocycles. The van der Waals surface area contributed by atoms with E-state index in [0.29, 0.717) is 17.3 Å². The Bertz CT molecular complexity index is 636. The number of rotatable bonds is 4. The molecule has 6 heteroatoms. The van der Waals surface area contributed by atoms with E-state index in [2.05, 4.69) is 5.32 Å². The first-order valence-corrected chi connectivity index (χ1v) is 8.11. The summed E-state index contributed by atoms with van der Waals surface area (Å²) in [5.41, 5.74) is 1.92. The molecule has 0 bridgehead atoms. The Kier molecular flexibility index (Phi) is 3.73. The lowest BCUT2D eigenvalue weighted by molar-refractivity contribution is 0.00578. The summed E-state index contributed by atoms with van der Waals surface area (Å²) in [7, 11) is -0.484. The Morgan fingerprint density at radius 3 is 2.26 bits per heavy atom. The van der Waals surface area contributed by atoms with Crippen molar-refractivity contribution < 1.29 is 19.2 Å². The molecule has 1 saturated carbocycles. The Morgan fingerprint density at radius 1 is 1.22 bits per heavy atom. The fourth-order valence-electron chi connectivity index (χ4n) is 2.75. The van der Waals surface area contributed by atoms with Gasteiger partial charge in [0.05, 0.1) is 22.5 Å². The van der Waals surface area contributed by atoms with Crippen molar-refractivity contribution in [3.63, 3.8) is 0 Å². The molecule has 23 heavy (non-hydrogen) atoms. The van der Waals surface area contributed by atoms with E-state index in [1.54, 1.807) is 12.1 Å². The molecule has 1 aromatic rings. The zero-order valence-corrected chi connectivity index (χ0v) is 14.4. The molecule has 1 aromatic carbocycles. The van der Waals surface area contributed by atoms with Gasteiger partial charge in [-0.3, -0.25) is 0 Å². The van der Waals surface area contributed by atoms with Crippen LogP contribution in [0.15, 0.2) is 12.1 Å². The Balaban J connectivity index is 1.99. The first-order valence-electron chi connectivity index (χ1n) is 8.11. The van der Waals surface area contributed by atoms with E-state index in [1.165, 1.54) is 0 Å². The second-order valence-electron chi connectivity index (χ2n) is 7.51. The number of benzene rings is 1. The predicted molar refractivity (Wildman–Crippen MR) is 90.5 cm³/mol. The van der Waals surface area contributed by atoms with Crippen molar-refractivity contribution in [3.05, 3.63) is 23.3 Å². The molecule has 124 valence electrons. The van der Waals surface area contributed by atoms with E-state index in [4.69, 9.17) is 9.31 Å². The van der Waals surface area contributed by atoms with E-state index >= 15 is 0 Å². The van der Waals surface area contributed by atoms with Gasteiger partial charge in [-0.1, -0.05) is 6.07 Å². The summed E-state index contributed by atoms with van der Waals surface area (Å²) in [5.74, 6) is -0.920. The van der Waals surface area contributed by atoms with Crippen LogP contribution in [0.3, 0.4) is 0 Å². The minimum atomic E-state index is -0.920. The van der Waals surface area contributed by atoms with Gasteiger partial charge in [-0.05, 0) is 64.6 Å². The SMILES string of the molecule is Cc1c(B2OC(C)(C)C(C)(C)O2)ccc(C(=O)O)c1NC1CC1. The lowest BCUT2D eigenvalue weighted by atomic mass is 9.75. The number of aromatic carboxylic acids is 1. The minimum absolute atomic E-state index is 0.301. The highest BCUT2D eigenvalue weighted by atomic mass is 16.7. The van der Waals surface area contributed by atoms with Gasteiger partial charge in [0.2, 0.25) is 0 Å². The molecular formula is C17H24BNO4. The molecule has 2 fully saturated rings. The maximum Gasteiger partial charge on any atom is 0.495 e. The van der Waals surface area contributed by atoms with E-state index < -0.39 is 24.3 Å². The number of carboxylic acids is 1. The highest BCUT2D eigenvalue weighted by molar-refractivity contribution is 6.62. The molecule has 1 saturated heterocycles. The van der Waals surface area contributed by atoms with Gasteiger partial charge in [-0.15, -0.1) is 0 Å². The van der Waals surface area contributed by atoms with Crippen molar-refractivity contribution in [2.75, 3.05) is 5.32 Å². The topological polar surface area (TPSA) is 67.8 Å². The zero-order valence-electron chi connectivity index (χ0n) is 14.4. The van der Waals surface area contributed by atoms with Crippen LogP contribution in [0.25, 0.3) is 0 Å². The van der Waals surface area contributed by atoms with Crippen LogP contribution in [0.2, 0.25) is 0 Å². The van der Waals surface area contributed by atoms with Gasteiger partial charge < -0.3 is 19.7 Å². The van der Waals surface area contributed by atoms with Crippen molar-refractivity contribution >= 4 is 24.2 Å². The Morgan fingerprint density at radius 2 is 1.78 bits per heavy atom. The van der Waals surface area contributed by atoms with Crippen LogP contribution in [-0.2, 0) is 9.31 Å². The van der Waals surface area contributed by atoms with Crippen molar-refractivity contribution in [1.82, 2.24) is 0 Å². The van der Waals surface area contributed by atoms with Gasteiger partial charge in [0, 0.05) is 6.04 Å². The molecule has 0 spiro atoms. The second kappa shape index (κ2) is 5.25. The van der Waals surface area contributed by atoms with Crippen LogP contribution >= 0.6 is 0 Å². The molecule has 0 aromatic heterocycles. The van der Waals surface area contributed by atoms with Gasteiger partial charge >= 0.3 is 13.1 Å². The van der Waals surface area contributed by atoms with Crippen LogP contribution in [0.4, 0.5) is 5.69 Å². The molecule has 0 radical (unpaired) electrons. The lowest BCUT2D eigenvalue weighted by Gasteiger charge is -2.32. The largest absolute Gasteiger partial charge is 0.495 e. The minimum Gasteiger partial charge on any atom is -0.478 e. The van der Waals surface area contributed by atoms with Gasteiger partial charge in [-0.2, -0.15) is 0 Å². The Hall–Kier alpha value is -1.53.